The van der Waals surface area contributed by atoms with E-state index in [9.17, 15) is 0 Å². The van der Waals surface area contributed by atoms with Crippen LogP contribution in [0.2, 0.25) is 0 Å². The number of hydrogen-bond donors (Lipinski definition) is 0. The van der Waals surface area contributed by atoms with Crippen molar-refractivity contribution in [2.45, 2.75) is 0 Å². The lowest BCUT2D eigenvalue weighted by atomic mass is 9.92. The summed E-state index contributed by atoms with van der Waals surface area (Å²) in [5.41, 5.74) is 7.38. The van der Waals surface area contributed by atoms with Gasteiger partial charge in [0, 0.05) is 36.9 Å². The minimum atomic E-state index is 0.726. The van der Waals surface area contributed by atoms with Gasteiger partial charge in [-0.2, -0.15) is 0 Å². The minimum absolute atomic E-state index is 0.726. The summed E-state index contributed by atoms with van der Waals surface area (Å²) >= 11 is 1.83. The predicted molar refractivity (Wildman–Crippen MR) is 209 cm³/mol. The summed E-state index contributed by atoms with van der Waals surface area (Å²) in [6.45, 7) is 0. The number of rotatable bonds is 4. The largest absolute Gasteiger partial charge is 0.228 e. The average molecular weight is 641 g/mol. The molecular weight excluding hydrogens is 613 g/mol. The fraction of sp³-hybridized carbons (Fsp3) is 0. The molecule has 0 bridgehead atoms. The van der Waals surface area contributed by atoms with E-state index in [2.05, 4.69) is 170 Å². The maximum Gasteiger partial charge on any atom is 0.161 e. The molecule has 0 saturated heterocycles. The second-order valence-corrected chi connectivity index (χ2v) is 13.6. The Kier molecular flexibility index (Phi) is 6.39. The average Bonchev–Trinajstić information content (AvgIpc) is 3.56. The number of thiophene rings is 1. The van der Waals surface area contributed by atoms with Crippen LogP contribution in [0.4, 0.5) is 0 Å². The molecular formula is C46H28N2S. The van der Waals surface area contributed by atoms with E-state index in [0.29, 0.717) is 0 Å². The topological polar surface area (TPSA) is 25.8 Å². The first-order valence-corrected chi connectivity index (χ1v) is 17.4. The molecule has 0 saturated carbocycles. The zero-order chi connectivity index (χ0) is 32.3. The van der Waals surface area contributed by atoms with E-state index >= 15 is 0 Å². The molecule has 0 atom stereocenters. The SMILES string of the molecule is c1ccc(-c2ccccc2-c2cc(-c3cccc4sc5ccccc5c34)nc(-c3c4ccccc4cc4c3ccc3ccccc34)n2)cc1. The van der Waals surface area contributed by atoms with Crippen LogP contribution in [-0.4, -0.2) is 9.97 Å². The molecule has 10 rings (SSSR count). The highest BCUT2D eigenvalue weighted by Gasteiger charge is 2.20. The predicted octanol–water partition coefficient (Wildman–Crippen LogP) is 13.0. The van der Waals surface area contributed by atoms with Crippen LogP contribution in [0.3, 0.4) is 0 Å². The van der Waals surface area contributed by atoms with Crippen molar-refractivity contribution >= 4 is 63.8 Å². The molecule has 2 aromatic heterocycles. The van der Waals surface area contributed by atoms with Gasteiger partial charge in [0.2, 0.25) is 0 Å². The normalized spacial score (nSPS) is 11.7. The maximum absolute atomic E-state index is 5.51. The van der Waals surface area contributed by atoms with Gasteiger partial charge in [0.15, 0.2) is 5.82 Å². The Bertz CT molecular complexity index is 2890. The van der Waals surface area contributed by atoms with E-state index in [4.69, 9.17) is 9.97 Å². The first-order valence-electron chi connectivity index (χ1n) is 16.6. The maximum atomic E-state index is 5.51. The van der Waals surface area contributed by atoms with Crippen LogP contribution < -0.4 is 0 Å². The zero-order valence-corrected chi connectivity index (χ0v) is 27.3. The highest BCUT2D eigenvalue weighted by molar-refractivity contribution is 7.25. The molecule has 49 heavy (non-hydrogen) atoms. The van der Waals surface area contributed by atoms with Crippen LogP contribution >= 0.6 is 11.3 Å². The van der Waals surface area contributed by atoms with Crippen molar-refractivity contribution in [2.75, 3.05) is 0 Å². The van der Waals surface area contributed by atoms with E-state index in [1.807, 2.05) is 11.3 Å². The van der Waals surface area contributed by atoms with Crippen LogP contribution in [0.1, 0.15) is 0 Å². The smallest absolute Gasteiger partial charge is 0.161 e. The summed E-state index contributed by atoms with van der Waals surface area (Å²) in [4.78, 5) is 11.0. The van der Waals surface area contributed by atoms with Crippen molar-refractivity contribution in [3.63, 3.8) is 0 Å². The Morgan fingerprint density at radius 3 is 1.86 bits per heavy atom. The van der Waals surface area contributed by atoms with Crippen LogP contribution in [0.15, 0.2) is 170 Å². The van der Waals surface area contributed by atoms with Crippen molar-refractivity contribution in [1.29, 1.82) is 0 Å². The summed E-state index contributed by atoms with van der Waals surface area (Å²) in [7, 11) is 0. The molecule has 0 aliphatic heterocycles. The number of fused-ring (bicyclic) bond motifs is 7. The molecule has 0 spiro atoms. The molecule has 0 aliphatic carbocycles. The van der Waals surface area contributed by atoms with Gasteiger partial charge in [0.25, 0.3) is 0 Å². The first kappa shape index (κ1) is 27.9. The van der Waals surface area contributed by atoms with Crippen LogP contribution in [0.25, 0.3) is 97.5 Å². The Balaban J connectivity index is 1.34. The first-order chi connectivity index (χ1) is 24.3. The van der Waals surface area contributed by atoms with Gasteiger partial charge in [-0.15, -0.1) is 11.3 Å². The number of benzene rings is 8. The fourth-order valence-corrected chi connectivity index (χ4v) is 8.59. The molecule has 0 fully saturated rings. The molecule has 10 aromatic rings. The molecule has 8 aromatic carbocycles. The second kappa shape index (κ2) is 11.2. The van der Waals surface area contributed by atoms with Gasteiger partial charge in [-0.05, 0) is 67.7 Å². The molecule has 3 heteroatoms. The number of aromatic nitrogens is 2. The monoisotopic (exact) mass is 640 g/mol. The highest BCUT2D eigenvalue weighted by Crippen LogP contribution is 2.43. The van der Waals surface area contributed by atoms with Gasteiger partial charge in [0.05, 0.1) is 11.4 Å². The standard InChI is InChI=1S/C46H28N2S/c1-2-13-29(14-3-1)32-17-8-9-20-35(32)40-28-41(37-22-12-24-43-44(37)38-21-10-11-23-42(38)49-43)48-46(47-40)45-34-19-7-5-16-31(34)27-39-33-18-6-4-15-30(33)25-26-36(39)45/h1-28H. The quantitative estimate of drug-likeness (QED) is 0.141. The second-order valence-electron chi connectivity index (χ2n) is 12.5. The van der Waals surface area contributed by atoms with Crippen molar-refractivity contribution in [3.8, 4) is 45.0 Å². The van der Waals surface area contributed by atoms with Gasteiger partial charge in [0.1, 0.15) is 0 Å². The van der Waals surface area contributed by atoms with Gasteiger partial charge in [-0.25, -0.2) is 9.97 Å². The zero-order valence-electron chi connectivity index (χ0n) is 26.5. The van der Waals surface area contributed by atoms with Crippen molar-refractivity contribution < 1.29 is 0 Å². The fourth-order valence-electron chi connectivity index (χ4n) is 7.46. The number of hydrogen-bond acceptors (Lipinski definition) is 3. The van der Waals surface area contributed by atoms with Crippen molar-refractivity contribution in [1.82, 2.24) is 9.97 Å². The lowest BCUT2D eigenvalue weighted by Crippen LogP contribution is -1.99. The van der Waals surface area contributed by atoms with E-state index in [-0.39, 0.29) is 0 Å². The van der Waals surface area contributed by atoms with Crippen LogP contribution in [-0.2, 0) is 0 Å². The molecule has 2 nitrogen and oxygen atoms in total. The summed E-state index contributed by atoms with van der Waals surface area (Å²) in [5, 5.41) is 9.62. The Hall–Kier alpha value is -6.16. The van der Waals surface area contributed by atoms with Crippen LogP contribution in [0.5, 0.6) is 0 Å². The Labute approximate surface area is 287 Å². The lowest BCUT2D eigenvalue weighted by molar-refractivity contribution is 1.19. The summed E-state index contributed by atoms with van der Waals surface area (Å²) in [6, 6.07) is 60.7. The molecule has 2 heterocycles. The summed E-state index contributed by atoms with van der Waals surface area (Å²) in [5.74, 6) is 0.726. The highest BCUT2D eigenvalue weighted by atomic mass is 32.1. The van der Waals surface area contributed by atoms with Crippen molar-refractivity contribution in [3.05, 3.63) is 170 Å². The number of nitrogens with zero attached hydrogens (tertiary/aromatic N) is 2. The van der Waals surface area contributed by atoms with E-state index in [0.717, 1.165) is 55.8 Å². The van der Waals surface area contributed by atoms with E-state index in [1.165, 1.54) is 41.7 Å². The summed E-state index contributed by atoms with van der Waals surface area (Å²) in [6.07, 6.45) is 0. The lowest BCUT2D eigenvalue weighted by Gasteiger charge is -2.16. The Morgan fingerprint density at radius 2 is 1.00 bits per heavy atom. The van der Waals surface area contributed by atoms with Gasteiger partial charge < -0.3 is 0 Å². The van der Waals surface area contributed by atoms with E-state index in [1.54, 1.807) is 0 Å². The van der Waals surface area contributed by atoms with Gasteiger partial charge in [-0.1, -0.05) is 146 Å². The van der Waals surface area contributed by atoms with Gasteiger partial charge in [-0.3, -0.25) is 0 Å². The van der Waals surface area contributed by atoms with Crippen LogP contribution in [0, 0.1) is 0 Å². The van der Waals surface area contributed by atoms with E-state index < -0.39 is 0 Å². The molecule has 0 radical (unpaired) electrons. The van der Waals surface area contributed by atoms with Crippen molar-refractivity contribution in [2.24, 2.45) is 0 Å². The van der Waals surface area contributed by atoms with Gasteiger partial charge >= 0.3 is 0 Å². The minimum Gasteiger partial charge on any atom is -0.228 e. The third-order valence-corrected chi connectivity index (χ3v) is 10.8. The third-order valence-electron chi connectivity index (χ3n) is 9.69. The molecule has 0 unspecified atom stereocenters. The Morgan fingerprint density at radius 1 is 0.367 bits per heavy atom. The molecule has 228 valence electrons. The molecule has 0 amide bonds. The third kappa shape index (κ3) is 4.55. The molecule has 0 N–H and O–H groups in total. The summed E-state index contributed by atoms with van der Waals surface area (Å²) < 4.78 is 2.54. The molecule has 0 aliphatic rings.